The predicted molar refractivity (Wildman–Crippen MR) is 131 cm³/mol. The summed E-state index contributed by atoms with van der Waals surface area (Å²) in [5.74, 6) is -2.11. The van der Waals surface area contributed by atoms with Crippen LogP contribution in [0.3, 0.4) is 0 Å². The Morgan fingerprint density at radius 2 is 1.85 bits per heavy atom. The summed E-state index contributed by atoms with van der Waals surface area (Å²) in [7, 11) is 3.45. The minimum absolute atomic E-state index is 0.0222. The molecular formula is C26H33F2N5. The van der Waals surface area contributed by atoms with Crippen LogP contribution >= 0.6 is 0 Å². The molecule has 0 radical (unpaired) electrons. The molecule has 0 bridgehead atoms. The van der Waals surface area contributed by atoms with Gasteiger partial charge in [0.1, 0.15) is 0 Å². The zero-order chi connectivity index (χ0) is 23.9. The maximum Gasteiger partial charge on any atom is 0.280 e. The van der Waals surface area contributed by atoms with E-state index < -0.39 is 12.0 Å². The number of aromatic nitrogens is 2. The first-order valence-corrected chi connectivity index (χ1v) is 11.5. The molecule has 5 nitrogen and oxygen atoms in total. The topological polar surface area (TPSA) is 44.3 Å². The van der Waals surface area contributed by atoms with Gasteiger partial charge in [-0.15, -0.1) is 5.10 Å². The molecule has 0 aliphatic carbocycles. The van der Waals surface area contributed by atoms with E-state index in [-0.39, 0.29) is 12.6 Å². The summed E-state index contributed by atoms with van der Waals surface area (Å²) >= 11 is 0. The molecule has 2 atom stereocenters. The number of nitrogens with one attached hydrogen (secondary N) is 1. The van der Waals surface area contributed by atoms with Gasteiger partial charge in [-0.25, -0.2) is 8.78 Å². The lowest BCUT2D eigenvalue weighted by molar-refractivity contribution is -0.0751. The standard InChI is InChI=1S/C26H33F2N5/c1-16-8-7-9-21(17(16)2)18(3)29-25-23-14-20(10-11-22(23)19(4)30-31-25)33-13-12-24(32(5)6)26(27,28)15-33/h7-11,14,18,24H,12-13,15H2,1-6H3,(H,29,31)/t18-,24-/m1/s1. The fourth-order valence-corrected chi connectivity index (χ4v) is 4.89. The zero-order valence-corrected chi connectivity index (χ0v) is 20.3. The Balaban J connectivity index is 1.67. The molecule has 4 rings (SSSR count). The molecule has 0 spiro atoms. The Morgan fingerprint density at radius 1 is 1.09 bits per heavy atom. The highest BCUT2D eigenvalue weighted by molar-refractivity contribution is 5.95. The van der Waals surface area contributed by atoms with Gasteiger partial charge in [-0.1, -0.05) is 24.3 Å². The highest BCUT2D eigenvalue weighted by Gasteiger charge is 2.45. The lowest BCUT2D eigenvalue weighted by Gasteiger charge is -2.42. The predicted octanol–water partition coefficient (Wildman–Crippen LogP) is 5.50. The van der Waals surface area contributed by atoms with Crippen molar-refractivity contribution in [1.29, 1.82) is 0 Å². The average Bonchev–Trinajstić information content (AvgIpc) is 2.76. The van der Waals surface area contributed by atoms with Crippen LogP contribution in [0.25, 0.3) is 10.8 Å². The van der Waals surface area contributed by atoms with Crippen molar-refractivity contribution in [2.45, 2.75) is 52.1 Å². The van der Waals surface area contributed by atoms with Crippen molar-refractivity contribution in [1.82, 2.24) is 15.1 Å². The van der Waals surface area contributed by atoms with E-state index in [1.165, 1.54) is 16.7 Å². The molecule has 1 saturated heterocycles. The molecule has 1 aliphatic heterocycles. The smallest absolute Gasteiger partial charge is 0.280 e. The van der Waals surface area contributed by atoms with Crippen LogP contribution in [0, 0.1) is 20.8 Å². The van der Waals surface area contributed by atoms with Crippen LogP contribution in [0.4, 0.5) is 20.3 Å². The second-order valence-electron chi connectivity index (χ2n) is 9.47. The molecule has 0 unspecified atom stereocenters. The molecule has 33 heavy (non-hydrogen) atoms. The molecule has 0 saturated carbocycles. The number of alkyl halides is 2. The zero-order valence-electron chi connectivity index (χ0n) is 20.3. The average molecular weight is 454 g/mol. The number of benzene rings is 2. The van der Waals surface area contributed by atoms with E-state index >= 15 is 0 Å². The van der Waals surface area contributed by atoms with Crippen molar-refractivity contribution in [3.63, 3.8) is 0 Å². The van der Waals surface area contributed by atoms with E-state index in [9.17, 15) is 8.78 Å². The normalized spacial score (nSPS) is 19.2. The number of aryl methyl sites for hydroxylation is 2. The number of nitrogens with zero attached hydrogens (tertiary/aromatic N) is 4. The second kappa shape index (κ2) is 8.86. The maximum atomic E-state index is 14.8. The van der Waals surface area contributed by atoms with Gasteiger partial charge in [-0.3, -0.25) is 0 Å². The van der Waals surface area contributed by atoms with Crippen molar-refractivity contribution in [3.8, 4) is 0 Å². The molecule has 1 N–H and O–H groups in total. The fourth-order valence-electron chi connectivity index (χ4n) is 4.89. The van der Waals surface area contributed by atoms with Crippen LogP contribution in [-0.2, 0) is 0 Å². The van der Waals surface area contributed by atoms with Crippen LogP contribution in [0.5, 0.6) is 0 Å². The number of rotatable bonds is 5. The van der Waals surface area contributed by atoms with Gasteiger partial charge in [0, 0.05) is 23.0 Å². The van der Waals surface area contributed by atoms with Crippen LogP contribution in [0.15, 0.2) is 36.4 Å². The van der Waals surface area contributed by atoms with Crippen LogP contribution in [-0.4, -0.2) is 54.2 Å². The van der Waals surface area contributed by atoms with Gasteiger partial charge < -0.3 is 15.1 Å². The maximum absolute atomic E-state index is 14.8. The molecule has 2 aromatic carbocycles. The van der Waals surface area contributed by atoms with Crippen molar-refractivity contribution in [2.24, 2.45) is 0 Å². The molecule has 2 heterocycles. The Kier molecular flexibility index (Phi) is 6.27. The third-order valence-electron chi connectivity index (χ3n) is 6.96. The number of fused-ring (bicyclic) bond motifs is 1. The largest absolute Gasteiger partial charge is 0.365 e. The number of hydrogen-bond acceptors (Lipinski definition) is 5. The van der Waals surface area contributed by atoms with Gasteiger partial charge in [0.05, 0.1) is 24.3 Å². The first-order chi connectivity index (χ1) is 15.6. The van der Waals surface area contributed by atoms with Gasteiger partial charge in [-0.05, 0) is 77.0 Å². The van der Waals surface area contributed by atoms with E-state index in [4.69, 9.17) is 0 Å². The SMILES string of the molecule is Cc1cccc([C@@H](C)Nc2nnc(C)c3ccc(N4CC[C@@H](N(C)C)C(F)(F)C4)cc23)c1C. The minimum Gasteiger partial charge on any atom is -0.365 e. The summed E-state index contributed by atoms with van der Waals surface area (Å²) < 4.78 is 29.6. The third-order valence-corrected chi connectivity index (χ3v) is 6.96. The van der Waals surface area contributed by atoms with E-state index in [2.05, 4.69) is 54.5 Å². The van der Waals surface area contributed by atoms with Crippen molar-refractivity contribution < 1.29 is 8.78 Å². The third kappa shape index (κ3) is 4.51. The number of piperidine rings is 1. The molecule has 3 aromatic rings. The van der Waals surface area contributed by atoms with E-state index in [1.807, 2.05) is 25.1 Å². The highest BCUT2D eigenvalue weighted by atomic mass is 19.3. The Bertz CT molecular complexity index is 1160. The summed E-state index contributed by atoms with van der Waals surface area (Å²) in [4.78, 5) is 3.42. The second-order valence-corrected chi connectivity index (χ2v) is 9.47. The Hall–Kier alpha value is -2.80. The first-order valence-electron chi connectivity index (χ1n) is 11.5. The monoisotopic (exact) mass is 453 g/mol. The van der Waals surface area contributed by atoms with E-state index in [1.54, 1.807) is 23.9 Å². The van der Waals surface area contributed by atoms with Crippen molar-refractivity contribution in [3.05, 3.63) is 58.8 Å². The summed E-state index contributed by atoms with van der Waals surface area (Å²) in [6.45, 7) is 8.55. The first kappa shape index (κ1) is 23.4. The summed E-state index contributed by atoms with van der Waals surface area (Å²) in [6.07, 6.45) is 0.417. The lowest BCUT2D eigenvalue weighted by atomic mass is 9.98. The van der Waals surface area contributed by atoms with E-state index in [0.29, 0.717) is 18.8 Å². The van der Waals surface area contributed by atoms with Gasteiger partial charge >= 0.3 is 0 Å². The molecule has 176 valence electrons. The summed E-state index contributed by atoms with van der Waals surface area (Å²) in [6, 6.07) is 11.4. The van der Waals surface area contributed by atoms with Crippen LogP contribution in [0.2, 0.25) is 0 Å². The Labute approximate surface area is 194 Å². The van der Waals surface area contributed by atoms with Crippen molar-refractivity contribution in [2.75, 3.05) is 37.4 Å². The molecule has 1 aromatic heterocycles. The highest BCUT2D eigenvalue weighted by Crippen LogP contribution is 2.35. The van der Waals surface area contributed by atoms with Gasteiger partial charge in [-0.2, -0.15) is 5.10 Å². The molecule has 1 aliphatic rings. The summed E-state index contributed by atoms with van der Waals surface area (Å²) in [5.41, 5.74) is 5.29. The molecular weight excluding hydrogens is 420 g/mol. The Morgan fingerprint density at radius 3 is 2.55 bits per heavy atom. The number of hydrogen-bond donors (Lipinski definition) is 1. The van der Waals surface area contributed by atoms with Gasteiger partial charge in [0.15, 0.2) is 5.82 Å². The summed E-state index contributed by atoms with van der Waals surface area (Å²) in [5, 5.41) is 14.2. The fraction of sp³-hybridized carbons (Fsp3) is 0.462. The van der Waals surface area contributed by atoms with Crippen LogP contribution in [0.1, 0.15) is 41.8 Å². The van der Waals surface area contributed by atoms with Gasteiger partial charge in [0.25, 0.3) is 5.92 Å². The van der Waals surface area contributed by atoms with E-state index in [0.717, 1.165) is 22.2 Å². The van der Waals surface area contributed by atoms with Gasteiger partial charge in [0.2, 0.25) is 0 Å². The molecule has 0 amide bonds. The lowest BCUT2D eigenvalue weighted by Crippen LogP contribution is -2.56. The molecule has 1 fully saturated rings. The number of anilines is 2. The van der Waals surface area contributed by atoms with Crippen molar-refractivity contribution >= 4 is 22.3 Å². The number of halogens is 2. The quantitative estimate of drug-likeness (QED) is 0.552. The molecule has 7 heteroatoms. The minimum atomic E-state index is -2.78. The van der Waals surface area contributed by atoms with Crippen LogP contribution < -0.4 is 10.2 Å².